The van der Waals surface area contributed by atoms with Crippen LogP contribution in [0, 0.1) is 5.92 Å². The summed E-state index contributed by atoms with van der Waals surface area (Å²) in [7, 11) is 1.85. The van der Waals surface area contributed by atoms with Gasteiger partial charge in [-0.3, -0.25) is 9.59 Å². The minimum Gasteiger partial charge on any atom is -0.381 e. The highest BCUT2D eigenvalue weighted by Gasteiger charge is 2.49. The highest BCUT2D eigenvalue weighted by molar-refractivity contribution is 6.07. The van der Waals surface area contributed by atoms with Gasteiger partial charge in [-0.25, -0.2) is 0 Å². The van der Waals surface area contributed by atoms with E-state index in [2.05, 4.69) is 31.3 Å². The molecule has 0 aliphatic carbocycles. The second-order valence-corrected chi connectivity index (χ2v) is 10.1. The number of nitrogens with zero attached hydrogens (tertiary/aromatic N) is 2. The second kappa shape index (κ2) is 8.91. The van der Waals surface area contributed by atoms with Crippen molar-refractivity contribution >= 4 is 23.2 Å². The fourth-order valence-electron chi connectivity index (χ4n) is 5.42. The average Bonchev–Trinajstić information content (AvgIpc) is 2.95. The van der Waals surface area contributed by atoms with Gasteiger partial charge in [0.15, 0.2) is 0 Å². The summed E-state index contributed by atoms with van der Waals surface area (Å²) in [5.41, 5.74) is 3.86. The Bertz CT molecular complexity index is 1120. The van der Waals surface area contributed by atoms with Crippen LogP contribution < -0.4 is 10.2 Å². The lowest BCUT2D eigenvalue weighted by Gasteiger charge is -2.35. The first-order valence-corrected chi connectivity index (χ1v) is 12.2. The van der Waals surface area contributed by atoms with E-state index in [1.54, 1.807) is 4.90 Å². The van der Waals surface area contributed by atoms with Gasteiger partial charge in [0.05, 0.1) is 34.2 Å². The van der Waals surface area contributed by atoms with Gasteiger partial charge in [0.2, 0.25) is 5.91 Å². The van der Waals surface area contributed by atoms with Crippen molar-refractivity contribution in [2.75, 3.05) is 30.5 Å². The maximum atomic E-state index is 14.0. The van der Waals surface area contributed by atoms with Crippen molar-refractivity contribution in [2.24, 2.45) is 5.92 Å². The van der Waals surface area contributed by atoms with Gasteiger partial charge in [-0.05, 0) is 56.7 Å². The van der Waals surface area contributed by atoms with Crippen LogP contribution in [-0.4, -0.2) is 48.6 Å². The lowest BCUT2D eigenvalue weighted by atomic mass is 9.91. The van der Waals surface area contributed by atoms with E-state index in [4.69, 9.17) is 4.74 Å². The number of anilines is 2. The Hall–Kier alpha value is -3.12. The number of ether oxygens (including phenoxy) is 1. The van der Waals surface area contributed by atoms with E-state index < -0.39 is 11.6 Å². The van der Waals surface area contributed by atoms with Crippen molar-refractivity contribution in [1.29, 1.82) is 0 Å². The number of benzene rings is 2. The summed E-state index contributed by atoms with van der Waals surface area (Å²) in [5, 5.41) is 3.58. The number of carbonyl (C=O) groups is 2. The van der Waals surface area contributed by atoms with Crippen LogP contribution in [0.15, 0.2) is 65.9 Å². The average molecular weight is 460 g/mol. The Morgan fingerprint density at radius 3 is 2.47 bits per heavy atom. The van der Waals surface area contributed by atoms with Crippen molar-refractivity contribution in [1.82, 2.24) is 4.90 Å². The van der Waals surface area contributed by atoms with Crippen LogP contribution in [0.4, 0.5) is 11.4 Å². The number of para-hydroxylation sites is 2. The van der Waals surface area contributed by atoms with E-state index in [1.165, 1.54) is 0 Å². The molecule has 0 spiro atoms. The van der Waals surface area contributed by atoms with Gasteiger partial charge >= 0.3 is 0 Å². The monoisotopic (exact) mass is 459 g/mol. The molecule has 0 saturated carbocycles. The first-order chi connectivity index (χ1) is 16.4. The molecular formula is C28H33N3O3. The summed E-state index contributed by atoms with van der Waals surface area (Å²) in [5.74, 6) is 0.343. The summed E-state index contributed by atoms with van der Waals surface area (Å²) in [6, 6.07) is 17.7. The molecule has 2 amide bonds. The van der Waals surface area contributed by atoms with E-state index >= 15 is 0 Å². The molecule has 6 heteroatoms. The zero-order chi connectivity index (χ0) is 23.9. The molecule has 1 fully saturated rings. The zero-order valence-electron chi connectivity index (χ0n) is 20.2. The summed E-state index contributed by atoms with van der Waals surface area (Å²) < 4.78 is 5.52. The van der Waals surface area contributed by atoms with Crippen LogP contribution in [0.2, 0.25) is 0 Å². The quantitative estimate of drug-likeness (QED) is 0.737. The van der Waals surface area contributed by atoms with Gasteiger partial charge in [0.25, 0.3) is 5.91 Å². The normalized spacial score (nSPS) is 22.2. The number of fused-ring (bicyclic) bond motifs is 1. The molecule has 3 aliphatic rings. The predicted octanol–water partition coefficient (Wildman–Crippen LogP) is 4.38. The molecule has 0 bridgehead atoms. The Morgan fingerprint density at radius 1 is 1.06 bits per heavy atom. The van der Waals surface area contributed by atoms with Crippen molar-refractivity contribution in [3.8, 4) is 0 Å². The van der Waals surface area contributed by atoms with E-state index in [0.29, 0.717) is 37.5 Å². The summed E-state index contributed by atoms with van der Waals surface area (Å²) in [4.78, 5) is 31.4. The maximum Gasteiger partial charge on any atom is 0.254 e. The summed E-state index contributed by atoms with van der Waals surface area (Å²) >= 11 is 0. The van der Waals surface area contributed by atoms with Gasteiger partial charge in [0.1, 0.15) is 0 Å². The Balaban J connectivity index is 1.64. The molecule has 5 rings (SSSR count). The molecule has 1 atom stereocenters. The lowest BCUT2D eigenvalue weighted by molar-refractivity contribution is -0.127. The third-order valence-electron chi connectivity index (χ3n) is 7.67. The molecule has 6 nitrogen and oxygen atoms in total. The molecule has 2 aromatic carbocycles. The molecule has 1 saturated heterocycles. The standard InChI is InChI=1S/C28H33N3O3/c1-28(2)26-25(27(33)30(28)3)23(17-19-9-5-4-6-10-19)31(22-12-8-7-11-21(22)29-26)24(32)18-20-13-15-34-16-14-20/h4-12,20,23,29H,13-18H2,1-3H3. The highest BCUT2D eigenvalue weighted by atomic mass is 16.5. The Labute approximate surface area is 201 Å². The molecule has 2 aromatic rings. The Kier molecular flexibility index (Phi) is 5.94. The third kappa shape index (κ3) is 3.90. The topological polar surface area (TPSA) is 61.9 Å². The Morgan fingerprint density at radius 2 is 1.74 bits per heavy atom. The van der Waals surface area contributed by atoms with Gasteiger partial charge in [0, 0.05) is 26.7 Å². The van der Waals surface area contributed by atoms with Gasteiger partial charge in [-0.2, -0.15) is 0 Å². The molecule has 1 unspecified atom stereocenters. The van der Waals surface area contributed by atoms with E-state index in [9.17, 15) is 9.59 Å². The van der Waals surface area contributed by atoms with Crippen LogP contribution in [0.25, 0.3) is 0 Å². The number of likely N-dealkylation sites (N-methyl/N-ethyl adjacent to an activating group) is 1. The number of hydrogen-bond acceptors (Lipinski definition) is 4. The number of nitrogens with one attached hydrogen (secondary N) is 1. The molecule has 0 aromatic heterocycles. The minimum absolute atomic E-state index is 0.0231. The van der Waals surface area contributed by atoms with Crippen LogP contribution in [0.1, 0.15) is 38.7 Å². The third-order valence-corrected chi connectivity index (χ3v) is 7.67. The first kappa shape index (κ1) is 22.7. The zero-order valence-corrected chi connectivity index (χ0v) is 20.2. The van der Waals surface area contributed by atoms with Gasteiger partial charge < -0.3 is 19.9 Å². The number of hydrogen-bond donors (Lipinski definition) is 1. The largest absolute Gasteiger partial charge is 0.381 e. The SMILES string of the molecule is CN1C(=O)C2=C(Nc3ccccc3N(C(=O)CC3CCOCC3)C2Cc2ccccc2)C1(C)C. The van der Waals surface area contributed by atoms with Crippen molar-refractivity contribution in [2.45, 2.75) is 51.1 Å². The predicted molar refractivity (Wildman–Crippen MR) is 134 cm³/mol. The van der Waals surface area contributed by atoms with Crippen LogP contribution in [0.3, 0.4) is 0 Å². The fraction of sp³-hybridized carbons (Fsp3) is 0.429. The lowest BCUT2D eigenvalue weighted by Crippen LogP contribution is -2.46. The minimum atomic E-state index is -0.506. The van der Waals surface area contributed by atoms with Crippen LogP contribution in [0.5, 0.6) is 0 Å². The van der Waals surface area contributed by atoms with Crippen molar-refractivity contribution < 1.29 is 14.3 Å². The molecule has 34 heavy (non-hydrogen) atoms. The maximum absolute atomic E-state index is 14.0. The van der Waals surface area contributed by atoms with E-state index in [-0.39, 0.29) is 11.8 Å². The molecule has 1 N–H and O–H groups in total. The summed E-state index contributed by atoms with van der Waals surface area (Å²) in [6.07, 6.45) is 2.82. The first-order valence-electron chi connectivity index (χ1n) is 12.2. The molecule has 3 heterocycles. The molecular weight excluding hydrogens is 426 g/mol. The molecule has 3 aliphatic heterocycles. The highest BCUT2D eigenvalue weighted by Crippen LogP contribution is 2.44. The summed E-state index contributed by atoms with van der Waals surface area (Å²) in [6.45, 7) is 5.52. The van der Waals surface area contributed by atoms with Crippen LogP contribution >= 0.6 is 0 Å². The molecule has 0 radical (unpaired) electrons. The van der Waals surface area contributed by atoms with Crippen molar-refractivity contribution in [3.63, 3.8) is 0 Å². The van der Waals surface area contributed by atoms with Gasteiger partial charge in [-0.15, -0.1) is 0 Å². The smallest absolute Gasteiger partial charge is 0.254 e. The van der Waals surface area contributed by atoms with Crippen LogP contribution in [-0.2, 0) is 20.7 Å². The number of rotatable bonds is 4. The molecule has 178 valence electrons. The number of carbonyl (C=O) groups excluding carboxylic acids is 2. The van der Waals surface area contributed by atoms with E-state index in [0.717, 1.165) is 35.5 Å². The fourth-order valence-corrected chi connectivity index (χ4v) is 5.42. The van der Waals surface area contributed by atoms with Crippen molar-refractivity contribution in [3.05, 3.63) is 71.4 Å². The van der Waals surface area contributed by atoms with Gasteiger partial charge in [-0.1, -0.05) is 42.5 Å². The number of amides is 2. The second-order valence-electron chi connectivity index (χ2n) is 10.1. The van der Waals surface area contributed by atoms with E-state index in [1.807, 2.05) is 54.4 Å².